The van der Waals surface area contributed by atoms with Gasteiger partial charge >= 0.3 is 0 Å². The number of ether oxygens (including phenoxy) is 1. The summed E-state index contributed by atoms with van der Waals surface area (Å²) < 4.78 is 5.65. The molecule has 0 spiro atoms. The van der Waals surface area contributed by atoms with Gasteiger partial charge in [0.15, 0.2) is 0 Å². The molecule has 2 heterocycles. The molecule has 5 rings (SSSR count). The molecule has 2 N–H and O–H groups in total. The second-order valence-electron chi connectivity index (χ2n) is 9.03. The maximum Gasteiger partial charge on any atom is 0.251 e. The Morgan fingerprint density at radius 2 is 2.03 bits per heavy atom. The van der Waals surface area contributed by atoms with Crippen LogP contribution in [0.4, 0.5) is 0 Å². The Morgan fingerprint density at radius 3 is 2.79 bits per heavy atom. The van der Waals surface area contributed by atoms with Crippen LogP contribution >= 0.6 is 0 Å². The van der Waals surface area contributed by atoms with Crippen LogP contribution in [0, 0.1) is 11.3 Å². The Hall–Kier alpha value is -3.66. The van der Waals surface area contributed by atoms with Crippen molar-refractivity contribution < 1.29 is 9.53 Å². The van der Waals surface area contributed by atoms with Gasteiger partial charge in [0, 0.05) is 49.4 Å². The standard InChI is InChI=1S/C28H28N4O2/c1-34-27-9-8-20(15-31-28(33)23-7-2-4-19(10-23)14-29)12-26(27)22-6-3-5-21(11-22)17-32-18-24-13-25(32)16-30-24/h2-12,24-25,30H,13,15-18H2,1H3,(H,31,33)/t24-,25-/m0/s1. The number of hydrogen-bond donors (Lipinski definition) is 2. The van der Waals surface area contributed by atoms with Gasteiger partial charge in [0.2, 0.25) is 0 Å². The number of piperazine rings is 1. The van der Waals surface area contributed by atoms with Gasteiger partial charge in [-0.3, -0.25) is 9.69 Å². The second kappa shape index (κ2) is 9.68. The topological polar surface area (TPSA) is 77.4 Å². The number of carbonyl (C=O) groups excluding carboxylic acids is 1. The Balaban J connectivity index is 1.32. The van der Waals surface area contributed by atoms with Gasteiger partial charge in [0.1, 0.15) is 5.75 Å². The van der Waals surface area contributed by atoms with E-state index in [1.807, 2.05) is 12.1 Å². The molecule has 2 bridgehead atoms. The van der Waals surface area contributed by atoms with Crippen LogP contribution in [0.3, 0.4) is 0 Å². The molecule has 0 saturated carbocycles. The average Bonchev–Trinajstić information content (AvgIpc) is 3.51. The van der Waals surface area contributed by atoms with Crippen molar-refractivity contribution in [1.29, 1.82) is 5.26 Å². The molecular weight excluding hydrogens is 424 g/mol. The van der Waals surface area contributed by atoms with Crippen molar-refractivity contribution in [2.75, 3.05) is 20.2 Å². The zero-order valence-electron chi connectivity index (χ0n) is 19.3. The van der Waals surface area contributed by atoms with E-state index in [1.165, 1.54) is 12.0 Å². The van der Waals surface area contributed by atoms with Crippen LogP contribution in [-0.4, -0.2) is 43.1 Å². The molecule has 3 aromatic rings. The van der Waals surface area contributed by atoms with Crippen LogP contribution in [-0.2, 0) is 13.1 Å². The highest BCUT2D eigenvalue weighted by Crippen LogP contribution is 2.32. The Labute approximate surface area is 200 Å². The summed E-state index contributed by atoms with van der Waals surface area (Å²) in [5, 5.41) is 15.6. The van der Waals surface area contributed by atoms with E-state index < -0.39 is 0 Å². The van der Waals surface area contributed by atoms with Crippen molar-refractivity contribution in [2.24, 2.45) is 0 Å². The fraction of sp³-hybridized carbons (Fsp3) is 0.286. The van der Waals surface area contributed by atoms with Gasteiger partial charge < -0.3 is 15.4 Å². The van der Waals surface area contributed by atoms with Gasteiger partial charge in [-0.05, 0) is 59.5 Å². The zero-order valence-corrected chi connectivity index (χ0v) is 19.3. The van der Waals surface area contributed by atoms with Crippen LogP contribution in [0.1, 0.15) is 33.5 Å². The first kappa shape index (κ1) is 22.1. The summed E-state index contributed by atoms with van der Waals surface area (Å²) in [4.78, 5) is 15.1. The third kappa shape index (κ3) is 4.67. The number of benzene rings is 3. The maximum atomic E-state index is 12.6. The summed E-state index contributed by atoms with van der Waals surface area (Å²) in [5.41, 5.74) is 5.33. The summed E-state index contributed by atoms with van der Waals surface area (Å²) in [6.45, 7) is 3.55. The Bertz CT molecular complexity index is 1250. The molecule has 2 fully saturated rings. The van der Waals surface area contributed by atoms with E-state index in [2.05, 4.69) is 51.9 Å². The number of fused-ring (bicyclic) bond motifs is 2. The third-order valence-electron chi connectivity index (χ3n) is 6.76. The first-order valence-corrected chi connectivity index (χ1v) is 11.6. The molecule has 2 saturated heterocycles. The maximum absolute atomic E-state index is 12.6. The van der Waals surface area contributed by atoms with Crippen LogP contribution in [0.15, 0.2) is 66.7 Å². The quantitative estimate of drug-likeness (QED) is 0.572. The summed E-state index contributed by atoms with van der Waals surface area (Å²) in [6, 6.07) is 24.7. The van der Waals surface area contributed by atoms with Crippen LogP contribution in [0.5, 0.6) is 5.75 Å². The van der Waals surface area contributed by atoms with E-state index in [9.17, 15) is 4.79 Å². The summed E-state index contributed by atoms with van der Waals surface area (Å²) in [5.74, 6) is 0.601. The lowest BCUT2D eigenvalue weighted by Crippen LogP contribution is -2.42. The number of methoxy groups -OCH3 is 1. The molecule has 0 aromatic heterocycles. The lowest BCUT2D eigenvalue weighted by Gasteiger charge is -2.27. The molecule has 2 aliphatic rings. The van der Waals surface area contributed by atoms with Gasteiger partial charge in [0.25, 0.3) is 5.91 Å². The normalized spacial score (nSPS) is 19.1. The monoisotopic (exact) mass is 452 g/mol. The lowest BCUT2D eigenvalue weighted by atomic mass is 9.99. The molecule has 1 amide bonds. The fourth-order valence-corrected chi connectivity index (χ4v) is 5.02. The highest BCUT2D eigenvalue weighted by molar-refractivity contribution is 5.94. The molecule has 2 atom stereocenters. The second-order valence-corrected chi connectivity index (χ2v) is 9.03. The van der Waals surface area contributed by atoms with Gasteiger partial charge in [-0.2, -0.15) is 5.26 Å². The minimum absolute atomic E-state index is 0.203. The molecular formula is C28H28N4O2. The van der Waals surface area contributed by atoms with Crippen molar-refractivity contribution in [2.45, 2.75) is 31.6 Å². The first-order chi connectivity index (χ1) is 16.6. The summed E-state index contributed by atoms with van der Waals surface area (Å²) in [6.07, 6.45) is 1.25. The largest absolute Gasteiger partial charge is 0.496 e. The molecule has 6 nitrogen and oxygen atoms in total. The predicted molar refractivity (Wildman–Crippen MR) is 131 cm³/mol. The molecule has 0 unspecified atom stereocenters. The molecule has 3 aromatic carbocycles. The number of likely N-dealkylation sites (tertiary alicyclic amines) is 1. The summed E-state index contributed by atoms with van der Waals surface area (Å²) >= 11 is 0. The average molecular weight is 453 g/mol. The van der Waals surface area contributed by atoms with E-state index >= 15 is 0 Å². The van der Waals surface area contributed by atoms with E-state index in [0.717, 1.165) is 42.1 Å². The van der Waals surface area contributed by atoms with Crippen molar-refractivity contribution in [3.05, 3.63) is 89.0 Å². The SMILES string of the molecule is COc1ccc(CNC(=O)c2cccc(C#N)c2)cc1-c1cccc(CN2C[C@@H]3C[C@H]2CN3)c1. The molecule has 0 aliphatic carbocycles. The van der Waals surface area contributed by atoms with Crippen LogP contribution in [0.25, 0.3) is 11.1 Å². The number of amides is 1. The van der Waals surface area contributed by atoms with Crippen molar-refractivity contribution in [3.63, 3.8) is 0 Å². The number of carbonyl (C=O) groups is 1. The van der Waals surface area contributed by atoms with Gasteiger partial charge in [0.05, 0.1) is 18.7 Å². The third-order valence-corrected chi connectivity index (χ3v) is 6.76. The fourth-order valence-electron chi connectivity index (χ4n) is 5.02. The Kier molecular flexibility index (Phi) is 6.31. The smallest absolute Gasteiger partial charge is 0.251 e. The highest BCUT2D eigenvalue weighted by atomic mass is 16.5. The molecule has 0 radical (unpaired) electrons. The number of hydrogen-bond acceptors (Lipinski definition) is 5. The minimum Gasteiger partial charge on any atom is -0.496 e. The van der Waals surface area contributed by atoms with Gasteiger partial charge in [-0.1, -0.05) is 30.3 Å². The Morgan fingerprint density at radius 1 is 1.15 bits per heavy atom. The van der Waals surface area contributed by atoms with Crippen molar-refractivity contribution in [3.8, 4) is 22.9 Å². The van der Waals surface area contributed by atoms with E-state index in [0.29, 0.717) is 29.8 Å². The molecule has 172 valence electrons. The van der Waals surface area contributed by atoms with E-state index in [1.54, 1.807) is 31.4 Å². The summed E-state index contributed by atoms with van der Waals surface area (Å²) in [7, 11) is 1.68. The zero-order chi connectivity index (χ0) is 23.5. The van der Waals surface area contributed by atoms with Crippen LogP contribution in [0.2, 0.25) is 0 Å². The lowest BCUT2D eigenvalue weighted by molar-refractivity contribution is 0.0951. The van der Waals surface area contributed by atoms with Gasteiger partial charge in [-0.15, -0.1) is 0 Å². The molecule has 2 aliphatic heterocycles. The molecule has 34 heavy (non-hydrogen) atoms. The minimum atomic E-state index is -0.203. The van der Waals surface area contributed by atoms with Crippen LogP contribution < -0.4 is 15.4 Å². The van der Waals surface area contributed by atoms with E-state index in [4.69, 9.17) is 10.00 Å². The van der Waals surface area contributed by atoms with Crippen molar-refractivity contribution >= 4 is 5.91 Å². The van der Waals surface area contributed by atoms with Crippen molar-refractivity contribution in [1.82, 2.24) is 15.5 Å². The number of nitrogens with one attached hydrogen (secondary N) is 2. The number of nitriles is 1. The highest BCUT2D eigenvalue weighted by Gasteiger charge is 2.37. The predicted octanol–water partition coefficient (Wildman–Crippen LogP) is 3.71. The van der Waals surface area contributed by atoms with E-state index in [-0.39, 0.29) is 5.91 Å². The number of rotatable bonds is 7. The molecule has 6 heteroatoms. The van der Waals surface area contributed by atoms with Gasteiger partial charge in [-0.25, -0.2) is 0 Å². The number of nitrogens with zero attached hydrogens (tertiary/aromatic N) is 2. The first-order valence-electron chi connectivity index (χ1n) is 11.6.